The van der Waals surface area contributed by atoms with Crippen molar-refractivity contribution in [3.8, 4) is 0 Å². The van der Waals surface area contributed by atoms with E-state index in [0.717, 1.165) is 24.3 Å². The first-order valence-electron chi connectivity index (χ1n) is 10.1. The second-order valence-electron chi connectivity index (χ2n) is 7.43. The Labute approximate surface area is 186 Å². The maximum atomic E-state index is 14.5. The van der Waals surface area contributed by atoms with Crippen LogP contribution in [0.4, 0.5) is 22.0 Å². The topological polar surface area (TPSA) is 44.7 Å². The summed E-state index contributed by atoms with van der Waals surface area (Å²) in [5, 5.41) is 8.61. The van der Waals surface area contributed by atoms with Gasteiger partial charge in [0.2, 0.25) is 0 Å². The Morgan fingerprint density at radius 3 is 2.42 bits per heavy atom. The highest BCUT2D eigenvalue weighted by molar-refractivity contribution is 6.01. The molecule has 2 aliphatic heterocycles. The molecule has 1 atom stereocenters. The van der Waals surface area contributed by atoms with E-state index in [1.807, 2.05) is 6.92 Å². The molecule has 1 amide bonds. The van der Waals surface area contributed by atoms with Gasteiger partial charge in [-0.3, -0.25) is 4.79 Å². The van der Waals surface area contributed by atoms with E-state index in [-0.39, 0.29) is 5.56 Å². The zero-order valence-corrected chi connectivity index (χ0v) is 17.3. The van der Waals surface area contributed by atoms with Crippen LogP contribution in [0.15, 0.2) is 71.9 Å². The van der Waals surface area contributed by atoms with Crippen LogP contribution in [0.3, 0.4) is 0 Å². The molecule has 2 aromatic carbocycles. The average molecular weight is 459 g/mol. The average Bonchev–Trinajstić information content (AvgIpc) is 2.75. The van der Waals surface area contributed by atoms with Gasteiger partial charge in [0.25, 0.3) is 5.91 Å². The quantitative estimate of drug-likeness (QED) is 0.616. The van der Waals surface area contributed by atoms with Crippen LogP contribution in [-0.4, -0.2) is 22.8 Å². The van der Waals surface area contributed by atoms with Gasteiger partial charge in [0, 0.05) is 23.4 Å². The molecule has 4 rings (SSSR count). The third-order valence-corrected chi connectivity index (χ3v) is 5.22. The number of rotatable bonds is 3. The first kappa shape index (κ1) is 22.4. The van der Waals surface area contributed by atoms with Crippen molar-refractivity contribution in [2.24, 2.45) is 5.10 Å². The van der Waals surface area contributed by atoms with Gasteiger partial charge in [-0.15, -0.1) is 0 Å². The van der Waals surface area contributed by atoms with E-state index in [2.05, 4.69) is 10.4 Å². The molecule has 0 radical (unpaired) electrons. The van der Waals surface area contributed by atoms with Crippen LogP contribution in [0, 0.1) is 11.6 Å². The van der Waals surface area contributed by atoms with Gasteiger partial charge in [0.15, 0.2) is 0 Å². The van der Waals surface area contributed by atoms with Crippen LogP contribution < -0.4 is 5.32 Å². The van der Waals surface area contributed by atoms with E-state index >= 15 is 0 Å². The lowest BCUT2D eigenvalue weighted by Gasteiger charge is -2.33. The fourth-order valence-corrected chi connectivity index (χ4v) is 3.49. The Kier molecular flexibility index (Phi) is 5.88. The minimum Gasteiger partial charge on any atom is -0.360 e. The fourth-order valence-electron chi connectivity index (χ4n) is 3.49. The number of allylic oxidation sites excluding steroid dienone is 3. The highest BCUT2D eigenvalue weighted by atomic mass is 19.4. The summed E-state index contributed by atoms with van der Waals surface area (Å²) in [4.78, 5) is 12.9. The van der Waals surface area contributed by atoms with Gasteiger partial charge in [-0.1, -0.05) is 25.1 Å². The molecule has 2 aliphatic rings. The number of fused-ring (bicyclic) bond motifs is 1. The number of carbonyl (C=O) groups is 1. The zero-order valence-electron chi connectivity index (χ0n) is 17.3. The minimum absolute atomic E-state index is 0.129. The second-order valence-corrected chi connectivity index (χ2v) is 7.43. The molecule has 0 bridgehead atoms. The molecular weight excluding hydrogens is 441 g/mol. The van der Waals surface area contributed by atoms with Crippen LogP contribution in [0.2, 0.25) is 0 Å². The van der Waals surface area contributed by atoms with E-state index in [0.29, 0.717) is 29.0 Å². The zero-order chi connectivity index (χ0) is 23.8. The number of nitrogens with one attached hydrogen (secondary N) is 1. The van der Waals surface area contributed by atoms with Crippen molar-refractivity contribution in [1.82, 2.24) is 10.3 Å². The predicted molar refractivity (Wildman–Crippen MR) is 114 cm³/mol. The molecule has 0 fully saturated rings. The standard InChI is InChI=1S/C24H18F5N3O/c1-2-18-9-5-15(19-10-8-17(25)12-20(19)26)11-22-30-21(13-23(33)32(22)31-18)14-3-6-16(7-4-14)24(27,28)29/h3-13,22,30H,2H2,1H3. The molecule has 1 N–H and O–H groups in total. The molecule has 2 aromatic rings. The number of benzene rings is 2. The molecule has 0 saturated heterocycles. The monoisotopic (exact) mass is 459 g/mol. The minimum atomic E-state index is -4.48. The van der Waals surface area contributed by atoms with Crippen LogP contribution in [0.1, 0.15) is 30.0 Å². The normalized spacial score (nSPS) is 18.5. The van der Waals surface area contributed by atoms with E-state index in [9.17, 15) is 26.7 Å². The van der Waals surface area contributed by atoms with Crippen LogP contribution >= 0.6 is 0 Å². The molecule has 0 aromatic heterocycles. The van der Waals surface area contributed by atoms with Gasteiger partial charge >= 0.3 is 6.18 Å². The maximum Gasteiger partial charge on any atom is 0.416 e. The fraction of sp³-hybridized carbons (Fsp3) is 0.167. The van der Waals surface area contributed by atoms with Gasteiger partial charge in [-0.05, 0) is 54.0 Å². The third-order valence-electron chi connectivity index (χ3n) is 5.22. The van der Waals surface area contributed by atoms with Crippen molar-refractivity contribution in [1.29, 1.82) is 0 Å². The smallest absolute Gasteiger partial charge is 0.360 e. The molecule has 0 saturated carbocycles. The summed E-state index contributed by atoms with van der Waals surface area (Å²) >= 11 is 0. The van der Waals surface area contributed by atoms with Crippen LogP contribution in [-0.2, 0) is 11.0 Å². The van der Waals surface area contributed by atoms with Gasteiger partial charge in [-0.2, -0.15) is 18.3 Å². The number of halogens is 5. The van der Waals surface area contributed by atoms with Gasteiger partial charge in [0.1, 0.15) is 17.8 Å². The second kappa shape index (κ2) is 8.65. The number of carbonyl (C=O) groups excluding carboxylic acids is 1. The SMILES string of the molecule is CCC1=NN2C(=O)C=C(c3ccc(C(F)(F)F)cc3)NC2C=C(c2ccc(F)cc2F)C=C1. The van der Waals surface area contributed by atoms with Gasteiger partial charge < -0.3 is 5.32 Å². The number of hydrogen-bond donors (Lipinski definition) is 1. The molecule has 2 heterocycles. The Morgan fingerprint density at radius 2 is 1.79 bits per heavy atom. The summed E-state index contributed by atoms with van der Waals surface area (Å²) in [5.41, 5.74) is 0.925. The molecule has 9 heteroatoms. The number of alkyl halides is 3. The lowest BCUT2D eigenvalue weighted by molar-refractivity contribution is -0.137. The highest BCUT2D eigenvalue weighted by Crippen LogP contribution is 2.31. The summed E-state index contributed by atoms with van der Waals surface area (Å²) in [5.74, 6) is -1.98. The van der Waals surface area contributed by atoms with Gasteiger partial charge in [-0.25, -0.2) is 13.8 Å². The molecule has 170 valence electrons. The maximum absolute atomic E-state index is 14.5. The lowest BCUT2D eigenvalue weighted by atomic mass is 10.0. The first-order valence-corrected chi connectivity index (χ1v) is 10.1. The van der Waals surface area contributed by atoms with Crippen molar-refractivity contribution >= 4 is 22.9 Å². The summed E-state index contributed by atoms with van der Waals surface area (Å²) < 4.78 is 66.5. The summed E-state index contributed by atoms with van der Waals surface area (Å²) in [7, 11) is 0. The van der Waals surface area contributed by atoms with Crippen LogP contribution in [0.5, 0.6) is 0 Å². The Morgan fingerprint density at radius 1 is 1.06 bits per heavy atom. The summed E-state index contributed by atoms with van der Waals surface area (Å²) in [6.45, 7) is 1.84. The summed E-state index contributed by atoms with van der Waals surface area (Å²) in [6, 6.07) is 7.58. The van der Waals surface area contributed by atoms with Crippen molar-refractivity contribution in [2.75, 3.05) is 0 Å². The van der Waals surface area contributed by atoms with E-state index in [1.54, 1.807) is 18.2 Å². The van der Waals surface area contributed by atoms with Gasteiger partial charge in [0.05, 0.1) is 11.3 Å². The van der Waals surface area contributed by atoms with E-state index in [1.165, 1.54) is 29.3 Å². The molecule has 33 heavy (non-hydrogen) atoms. The van der Waals surface area contributed by atoms with Crippen molar-refractivity contribution in [2.45, 2.75) is 25.7 Å². The van der Waals surface area contributed by atoms with E-state index < -0.39 is 35.4 Å². The largest absolute Gasteiger partial charge is 0.416 e. The third kappa shape index (κ3) is 4.72. The molecule has 0 spiro atoms. The first-order chi connectivity index (χ1) is 15.7. The number of nitrogens with zero attached hydrogens (tertiary/aromatic N) is 2. The van der Waals surface area contributed by atoms with Crippen molar-refractivity contribution in [3.63, 3.8) is 0 Å². The van der Waals surface area contributed by atoms with Crippen molar-refractivity contribution in [3.05, 3.63) is 95.1 Å². The van der Waals surface area contributed by atoms with E-state index in [4.69, 9.17) is 0 Å². The molecule has 4 nitrogen and oxygen atoms in total. The Balaban J connectivity index is 1.75. The molecule has 0 aliphatic carbocycles. The predicted octanol–water partition coefficient (Wildman–Crippen LogP) is 5.50. The number of hydrogen-bond acceptors (Lipinski definition) is 3. The highest BCUT2D eigenvalue weighted by Gasteiger charge is 2.32. The number of hydrazone groups is 1. The Bertz CT molecular complexity index is 1210. The molecular formula is C24H18F5N3O. The van der Waals surface area contributed by atoms with Crippen LogP contribution in [0.25, 0.3) is 11.3 Å². The summed E-state index contributed by atoms with van der Waals surface area (Å²) in [6.07, 6.45) is 1.22. The number of amides is 1. The molecule has 1 unspecified atom stereocenters. The lowest BCUT2D eigenvalue weighted by Crippen LogP contribution is -2.48. The Hall–Kier alpha value is -3.75. The van der Waals surface area contributed by atoms with Crippen molar-refractivity contribution < 1.29 is 26.7 Å².